The number of hydrogen-bond acceptors (Lipinski definition) is 4. The van der Waals surface area contributed by atoms with Crippen molar-refractivity contribution in [1.29, 1.82) is 0 Å². The topological polar surface area (TPSA) is 70.1 Å². The number of ether oxygens (including phenoxy) is 1. The molecule has 2 amide bonds. The molecule has 2 unspecified atom stereocenters. The highest BCUT2D eigenvalue weighted by atomic mass is 16.6. The molecule has 2 heterocycles. The predicted molar refractivity (Wildman–Crippen MR) is 70.9 cm³/mol. The maximum absolute atomic E-state index is 12.0. The lowest BCUT2D eigenvalue weighted by Crippen LogP contribution is -2.40. The highest BCUT2D eigenvalue weighted by molar-refractivity contribution is 5.80. The van der Waals surface area contributed by atoms with Crippen LogP contribution in [-0.4, -0.2) is 64.3 Å². The summed E-state index contributed by atoms with van der Waals surface area (Å²) in [6, 6.07) is 0.221. The monoisotopic (exact) mass is 282 g/mol. The van der Waals surface area contributed by atoms with Gasteiger partial charge in [0.1, 0.15) is 5.60 Å². The van der Waals surface area contributed by atoms with E-state index in [0.29, 0.717) is 31.5 Å². The Balaban J connectivity index is 1.53. The first-order valence-electron chi connectivity index (χ1n) is 7.22. The lowest BCUT2D eigenvalue weighted by molar-refractivity contribution is -0.128. The van der Waals surface area contributed by atoms with Gasteiger partial charge >= 0.3 is 6.09 Å². The molecule has 1 aliphatic carbocycles. The number of likely N-dealkylation sites (tertiary alicyclic amines) is 2. The van der Waals surface area contributed by atoms with Crippen molar-refractivity contribution in [3.8, 4) is 0 Å². The van der Waals surface area contributed by atoms with Gasteiger partial charge in [0.2, 0.25) is 5.91 Å². The Morgan fingerprint density at radius 1 is 1.25 bits per heavy atom. The van der Waals surface area contributed by atoms with Gasteiger partial charge in [0.25, 0.3) is 0 Å². The minimum atomic E-state index is -0.522. The maximum Gasteiger partial charge on any atom is 0.410 e. The molecule has 0 aromatic rings. The number of aliphatic hydroxyl groups is 1. The van der Waals surface area contributed by atoms with E-state index in [9.17, 15) is 14.7 Å². The zero-order valence-electron chi connectivity index (χ0n) is 12.2. The van der Waals surface area contributed by atoms with Crippen LogP contribution in [0.25, 0.3) is 0 Å². The fraction of sp³-hybridized carbons (Fsp3) is 0.857. The van der Waals surface area contributed by atoms with E-state index in [1.807, 2.05) is 20.8 Å². The third-order valence-electron chi connectivity index (χ3n) is 4.30. The summed E-state index contributed by atoms with van der Waals surface area (Å²) in [6.45, 7) is 7.33. The summed E-state index contributed by atoms with van der Waals surface area (Å²) in [6.07, 6.45) is -0.548. The minimum Gasteiger partial charge on any atom is -0.444 e. The normalized spacial score (nSPS) is 36.3. The van der Waals surface area contributed by atoms with E-state index in [0.717, 1.165) is 0 Å². The Hall–Kier alpha value is -1.30. The molecule has 2 saturated heterocycles. The van der Waals surface area contributed by atoms with E-state index in [1.165, 1.54) is 0 Å². The first-order chi connectivity index (χ1) is 9.26. The second kappa shape index (κ2) is 4.35. The van der Waals surface area contributed by atoms with Crippen LogP contribution in [0.3, 0.4) is 0 Å². The van der Waals surface area contributed by atoms with Crippen molar-refractivity contribution in [2.75, 3.05) is 19.6 Å². The van der Waals surface area contributed by atoms with Gasteiger partial charge in [0, 0.05) is 37.5 Å². The molecule has 4 atom stereocenters. The van der Waals surface area contributed by atoms with Crippen molar-refractivity contribution in [2.24, 2.45) is 11.8 Å². The Morgan fingerprint density at radius 3 is 2.30 bits per heavy atom. The van der Waals surface area contributed by atoms with Gasteiger partial charge in [-0.2, -0.15) is 0 Å². The fourth-order valence-electron chi connectivity index (χ4n) is 3.43. The first kappa shape index (κ1) is 13.7. The van der Waals surface area contributed by atoms with Crippen molar-refractivity contribution in [1.82, 2.24) is 9.80 Å². The van der Waals surface area contributed by atoms with Crippen molar-refractivity contribution < 1.29 is 19.4 Å². The van der Waals surface area contributed by atoms with Gasteiger partial charge in [0.15, 0.2) is 0 Å². The van der Waals surface area contributed by atoms with E-state index < -0.39 is 11.7 Å². The molecule has 6 nitrogen and oxygen atoms in total. The number of carbonyl (C=O) groups is 2. The molecule has 0 aromatic heterocycles. The van der Waals surface area contributed by atoms with Crippen molar-refractivity contribution in [3.63, 3.8) is 0 Å². The number of carbonyl (C=O) groups excluding carboxylic acids is 2. The second-order valence-electron chi connectivity index (χ2n) is 7.11. The van der Waals surface area contributed by atoms with Crippen LogP contribution in [-0.2, 0) is 9.53 Å². The van der Waals surface area contributed by atoms with Crippen LogP contribution in [0, 0.1) is 11.8 Å². The number of fused-ring (bicyclic) bond motifs is 1. The zero-order chi connectivity index (χ0) is 14.7. The van der Waals surface area contributed by atoms with Gasteiger partial charge in [0.05, 0.1) is 12.5 Å². The molecule has 1 N–H and O–H groups in total. The molecule has 3 fully saturated rings. The highest BCUT2D eigenvalue weighted by Gasteiger charge is 2.61. The van der Waals surface area contributed by atoms with Crippen molar-refractivity contribution in [3.05, 3.63) is 0 Å². The lowest BCUT2D eigenvalue weighted by Gasteiger charge is -2.27. The largest absolute Gasteiger partial charge is 0.444 e. The molecule has 6 heteroatoms. The Bertz CT molecular complexity index is 433. The van der Waals surface area contributed by atoms with Crippen LogP contribution < -0.4 is 0 Å². The Labute approximate surface area is 118 Å². The van der Waals surface area contributed by atoms with Crippen LogP contribution in [0.5, 0.6) is 0 Å². The van der Waals surface area contributed by atoms with Gasteiger partial charge in [-0.25, -0.2) is 4.79 Å². The van der Waals surface area contributed by atoms with Crippen LogP contribution in [0.2, 0.25) is 0 Å². The van der Waals surface area contributed by atoms with Crippen LogP contribution in [0.4, 0.5) is 4.79 Å². The van der Waals surface area contributed by atoms with E-state index in [2.05, 4.69) is 0 Å². The van der Waals surface area contributed by atoms with Gasteiger partial charge < -0.3 is 19.6 Å². The molecular weight excluding hydrogens is 260 g/mol. The molecule has 2 aliphatic heterocycles. The number of hydrogen-bond donors (Lipinski definition) is 1. The summed E-state index contributed by atoms with van der Waals surface area (Å²) in [5, 5.41) is 9.53. The smallest absolute Gasteiger partial charge is 0.410 e. The quantitative estimate of drug-likeness (QED) is 0.758. The van der Waals surface area contributed by atoms with E-state index >= 15 is 0 Å². The van der Waals surface area contributed by atoms with Gasteiger partial charge in [-0.1, -0.05) is 0 Å². The Kier molecular flexibility index (Phi) is 2.97. The average Bonchev–Trinajstić information content (AvgIpc) is 2.67. The summed E-state index contributed by atoms with van der Waals surface area (Å²) in [5.41, 5.74) is -0.474. The SMILES string of the molecule is CC(C)(C)OC(=O)N1C[C@@H]2C(N3CC(O)CC3=O)[C@@H]2C1. The summed E-state index contributed by atoms with van der Waals surface area (Å²) in [4.78, 5) is 27.2. The number of aliphatic hydroxyl groups excluding tert-OH is 1. The number of rotatable bonds is 1. The van der Waals surface area contributed by atoms with Crippen LogP contribution in [0.1, 0.15) is 27.2 Å². The third kappa shape index (κ3) is 2.37. The molecule has 0 bridgehead atoms. The summed E-state index contributed by atoms with van der Waals surface area (Å²) in [7, 11) is 0. The highest BCUT2D eigenvalue weighted by Crippen LogP contribution is 2.50. The van der Waals surface area contributed by atoms with Crippen molar-refractivity contribution >= 4 is 12.0 Å². The summed E-state index contributed by atoms with van der Waals surface area (Å²) < 4.78 is 5.36. The number of piperidine rings is 1. The molecule has 0 radical (unpaired) electrons. The molecular formula is C14H22N2O4. The molecule has 1 saturated carbocycles. The van der Waals surface area contributed by atoms with E-state index in [-0.39, 0.29) is 24.5 Å². The number of nitrogens with zero attached hydrogens (tertiary/aromatic N) is 2. The molecule has 0 spiro atoms. The average molecular weight is 282 g/mol. The number of amides is 2. The van der Waals surface area contributed by atoms with Gasteiger partial charge in [-0.05, 0) is 20.8 Å². The van der Waals surface area contributed by atoms with Crippen LogP contribution >= 0.6 is 0 Å². The summed E-state index contributed by atoms with van der Waals surface area (Å²) in [5.74, 6) is 0.759. The molecule has 3 rings (SSSR count). The van der Waals surface area contributed by atoms with E-state index in [1.54, 1.807) is 9.80 Å². The Morgan fingerprint density at radius 2 is 1.85 bits per heavy atom. The third-order valence-corrected chi connectivity index (χ3v) is 4.30. The minimum absolute atomic E-state index is 0.0423. The summed E-state index contributed by atoms with van der Waals surface area (Å²) >= 11 is 0. The molecule has 112 valence electrons. The lowest BCUT2D eigenvalue weighted by atomic mass is 10.2. The van der Waals surface area contributed by atoms with Gasteiger partial charge in [-0.3, -0.25) is 4.79 Å². The maximum atomic E-state index is 12.0. The van der Waals surface area contributed by atoms with Crippen LogP contribution in [0.15, 0.2) is 0 Å². The first-order valence-corrected chi connectivity index (χ1v) is 7.22. The standard InChI is InChI=1S/C14H22N2O4/c1-14(2,3)20-13(19)15-6-9-10(7-15)12(9)16-5-8(17)4-11(16)18/h8-10,12,17H,4-7H2,1-3H3/t8?,9-,10+,12?. The van der Waals surface area contributed by atoms with Gasteiger partial charge in [-0.15, -0.1) is 0 Å². The predicted octanol–water partition coefficient (Wildman–Crippen LogP) is 0.445. The molecule has 0 aromatic carbocycles. The second-order valence-corrected chi connectivity index (χ2v) is 7.11. The zero-order valence-corrected chi connectivity index (χ0v) is 12.2. The van der Waals surface area contributed by atoms with Crippen molar-refractivity contribution in [2.45, 2.75) is 44.9 Å². The molecule has 20 heavy (non-hydrogen) atoms. The fourth-order valence-corrected chi connectivity index (χ4v) is 3.43. The number of β-amino-alcohol motifs (C(OH)–C–C–N with tert-alkyl or cyclic N) is 1. The van der Waals surface area contributed by atoms with E-state index in [4.69, 9.17) is 4.74 Å². The molecule has 3 aliphatic rings.